The van der Waals surface area contributed by atoms with E-state index in [2.05, 4.69) is 16.0 Å². The van der Waals surface area contributed by atoms with E-state index in [4.69, 9.17) is 21.6 Å². The van der Waals surface area contributed by atoms with Crippen molar-refractivity contribution in [3.63, 3.8) is 0 Å². The smallest absolute Gasteiger partial charge is 0.410 e. The molecule has 0 unspecified atom stereocenters. The molecule has 0 spiro atoms. The molecule has 9 heteroatoms. The van der Waals surface area contributed by atoms with Crippen LogP contribution in [-0.2, 0) is 4.79 Å². The fourth-order valence-corrected chi connectivity index (χ4v) is 5.75. The Morgan fingerprint density at radius 3 is 2.42 bits per heavy atom. The van der Waals surface area contributed by atoms with Gasteiger partial charge in [-0.25, -0.2) is 9.78 Å². The highest BCUT2D eigenvalue weighted by Crippen LogP contribution is 2.34. The van der Waals surface area contributed by atoms with E-state index in [0.29, 0.717) is 29.4 Å². The van der Waals surface area contributed by atoms with Crippen molar-refractivity contribution in [2.45, 2.75) is 31.7 Å². The highest BCUT2D eigenvalue weighted by Gasteiger charge is 2.42. The summed E-state index contributed by atoms with van der Waals surface area (Å²) in [5, 5.41) is 9.66. The molecule has 2 amide bonds. The van der Waals surface area contributed by atoms with Crippen molar-refractivity contribution < 1.29 is 14.3 Å². The van der Waals surface area contributed by atoms with E-state index in [1.807, 2.05) is 60.4 Å². The summed E-state index contributed by atoms with van der Waals surface area (Å²) in [7, 11) is 1.74. The minimum absolute atomic E-state index is 0.0708. The van der Waals surface area contributed by atoms with Gasteiger partial charge in [0.1, 0.15) is 17.6 Å². The molecule has 0 bridgehead atoms. The topological polar surface area (TPSA) is 89.8 Å². The van der Waals surface area contributed by atoms with Crippen LogP contribution >= 0.6 is 11.6 Å². The summed E-state index contributed by atoms with van der Waals surface area (Å²) >= 11 is 6.15. The third-order valence-electron chi connectivity index (χ3n) is 8.02. The van der Waals surface area contributed by atoms with E-state index in [-0.39, 0.29) is 23.8 Å². The Morgan fingerprint density at radius 1 is 1.05 bits per heavy atom. The van der Waals surface area contributed by atoms with Gasteiger partial charge in [0.2, 0.25) is 5.91 Å². The molecule has 40 heavy (non-hydrogen) atoms. The third kappa shape index (κ3) is 5.90. The van der Waals surface area contributed by atoms with Gasteiger partial charge < -0.3 is 19.4 Å². The number of aromatic nitrogens is 1. The lowest BCUT2D eigenvalue weighted by Crippen LogP contribution is -2.45. The second-order valence-electron chi connectivity index (χ2n) is 10.5. The number of anilines is 1. The first-order chi connectivity index (χ1) is 19.3. The Morgan fingerprint density at radius 2 is 1.77 bits per heavy atom. The quantitative estimate of drug-likeness (QED) is 0.425. The first kappa shape index (κ1) is 27.5. The van der Waals surface area contributed by atoms with Crippen LogP contribution < -0.4 is 9.64 Å². The molecule has 2 fully saturated rings. The van der Waals surface area contributed by atoms with E-state index in [1.54, 1.807) is 30.3 Å². The van der Waals surface area contributed by atoms with Crippen LogP contribution in [0.4, 0.5) is 10.6 Å². The first-order valence-corrected chi connectivity index (χ1v) is 13.9. The summed E-state index contributed by atoms with van der Waals surface area (Å²) in [5.74, 6) is 1.30. The number of benzene rings is 2. The average molecular weight is 558 g/mol. The molecular formula is C31H32ClN5O3. The number of likely N-dealkylation sites (tertiary alicyclic amines) is 1. The number of para-hydroxylation sites is 1. The fraction of sp³-hybridized carbons (Fsp3) is 0.355. The Hall–Kier alpha value is -4.09. The van der Waals surface area contributed by atoms with E-state index in [0.717, 1.165) is 42.9 Å². The van der Waals surface area contributed by atoms with Crippen molar-refractivity contribution in [1.82, 2.24) is 14.8 Å². The third-order valence-corrected chi connectivity index (χ3v) is 8.27. The first-order valence-electron chi connectivity index (χ1n) is 13.5. The highest BCUT2D eigenvalue weighted by molar-refractivity contribution is 6.30. The number of nitriles is 1. The Kier molecular flexibility index (Phi) is 8.22. The number of aryl methyl sites for hydroxylation is 1. The Labute approximate surface area is 239 Å². The molecule has 0 aliphatic carbocycles. The number of likely N-dealkylation sites (N-methyl/N-ethyl adjacent to an activating group) is 1. The van der Waals surface area contributed by atoms with Crippen LogP contribution in [0, 0.1) is 24.2 Å². The second-order valence-corrected chi connectivity index (χ2v) is 10.9. The number of halogens is 1. The zero-order valence-corrected chi connectivity index (χ0v) is 23.4. The molecule has 0 saturated carbocycles. The Bertz CT molecular complexity index is 1400. The molecule has 1 aromatic heterocycles. The van der Waals surface area contributed by atoms with Crippen molar-refractivity contribution >= 4 is 29.4 Å². The maximum absolute atomic E-state index is 13.7. The predicted octanol–water partition coefficient (Wildman–Crippen LogP) is 5.26. The number of pyridine rings is 1. The van der Waals surface area contributed by atoms with Crippen LogP contribution in [0.5, 0.6) is 5.75 Å². The molecule has 2 saturated heterocycles. The second kappa shape index (κ2) is 12.0. The number of hydrogen-bond acceptors (Lipinski definition) is 6. The van der Waals surface area contributed by atoms with Gasteiger partial charge in [0.25, 0.3) is 0 Å². The fourth-order valence-electron chi connectivity index (χ4n) is 5.62. The van der Waals surface area contributed by atoms with Crippen LogP contribution in [0.1, 0.15) is 35.4 Å². The maximum atomic E-state index is 13.7. The highest BCUT2D eigenvalue weighted by atomic mass is 35.5. The standard InChI is InChI=1S/C31H32ClN5O3/c1-21-5-3-4-6-28(21)40-31(39)35(2)27-20-37(19-26(27)23-8-10-25(32)11-9-23)30(38)24-13-15-36(16-14-24)29-12-7-22(17-33)18-34-29/h3-12,18,24,26-27H,13-16,19-20H2,1-2H3/t26-,27+/m0/s1. The van der Waals surface area contributed by atoms with Crippen molar-refractivity contribution in [3.8, 4) is 11.8 Å². The van der Waals surface area contributed by atoms with Gasteiger partial charge in [-0.3, -0.25) is 4.79 Å². The molecule has 206 valence electrons. The van der Waals surface area contributed by atoms with E-state index < -0.39 is 6.09 Å². The number of carbonyl (C=O) groups excluding carboxylic acids is 2. The summed E-state index contributed by atoms with van der Waals surface area (Å²) in [4.78, 5) is 37.0. The van der Waals surface area contributed by atoms with Gasteiger partial charge in [0.15, 0.2) is 0 Å². The predicted molar refractivity (Wildman–Crippen MR) is 153 cm³/mol. The molecule has 2 aromatic carbocycles. The van der Waals surface area contributed by atoms with Gasteiger partial charge in [-0.05, 0) is 61.2 Å². The van der Waals surface area contributed by atoms with Crippen LogP contribution in [0.2, 0.25) is 5.02 Å². The van der Waals surface area contributed by atoms with E-state index in [9.17, 15) is 9.59 Å². The molecule has 3 aromatic rings. The zero-order chi connectivity index (χ0) is 28.2. The molecule has 3 heterocycles. The minimum atomic E-state index is -0.448. The van der Waals surface area contributed by atoms with E-state index >= 15 is 0 Å². The number of hydrogen-bond donors (Lipinski definition) is 0. The van der Waals surface area contributed by atoms with Crippen LogP contribution in [0.3, 0.4) is 0 Å². The maximum Gasteiger partial charge on any atom is 0.415 e. The van der Waals surface area contributed by atoms with Crippen LogP contribution in [0.25, 0.3) is 0 Å². The van der Waals surface area contributed by atoms with Gasteiger partial charge in [0, 0.05) is 56.3 Å². The van der Waals surface area contributed by atoms with Gasteiger partial charge in [-0.2, -0.15) is 5.26 Å². The minimum Gasteiger partial charge on any atom is -0.410 e. The van der Waals surface area contributed by atoms with Crippen molar-refractivity contribution in [2.24, 2.45) is 5.92 Å². The molecule has 8 nitrogen and oxygen atoms in total. The number of nitrogens with zero attached hydrogens (tertiary/aromatic N) is 5. The average Bonchev–Trinajstić information content (AvgIpc) is 3.43. The van der Waals surface area contributed by atoms with Crippen molar-refractivity contribution in [2.75, 3.05) is 38.1 Å². The molecule has 2 aliphatic rings. The Balaban J connectivity index is 1.28. The number of amides is 2. The molecule has 2 aliphatic heterocycles. The molecule has 0 N–H and O–H groups in total. The molecular weight excluding hydrogens is 526 g/mol. The summed E-state index contributed by atoms with van der Waals surface area (Å²) in [6.45, 7) is 4.29. The van der Waals surface area contributed by atoms with E-state index in [1.165, 1.54) is 0 Å². The van der Waals surface area contributed by atoms with Crippen molar-refractivity contribution in [3.05, 3.63) is 88.6 Å². The zero-order valence-electron chi connectivity index (χ0n) is 22.7. The molecule has 5 rings (SSSR count). The largest absolute Gasteiger partial charge is 0.415 e. The molecule has 2 atom stereocenters. The van der Waals surface area contributed by atoms with Crippen molar-refractivity contribution in [1.29, 1.82) is 5.26 Å². The van der Waals surface area contributed by atoms with Crippen LogP contribution in [0.15, 0.2) is 66.9 Å². The summed E-state index contributed by atoms with van der Waals surface area (Å²) in [5.41, 5.74) is 2.44. The SMILES string of the molecule is Cc1ccccc1OC(=O)N(C)[C@@H]1CN(C(=O)C2CCN(c3ccc(C#N)cn3)CC2)C[C@H]1c1ccc(Cl)cc1. The van der Waals surface area contributed by atoms with Gasteiger partial charge in [-0.15, -0.1) is 0 Å². The summed E-state index contributed by atoms with van der Waals surface area (Å²) in [6.07, 6.45) is 2.57. The number of piperidine rings is 1. The monoisotopic (exact) mass is 557 g/mol. The lowest BCUT2D eigenvalue weighted by atomic mass is 9.93. The summed E-state index contributed by atoms with van der Waals surface area (Å²) in [6, 6.07) is 20.5. The number of rotatable bonds is 5. The summed E-state index contributed by atoms with van der Waals surface area (Å²) < 4.78 is 5.74. The number of carbonyl (C=O) groups is 2. The lowest BCUT2D eigenvalue weighted by Gasteiger charge is -2.34. The van der Waals surface area contributed by atoms with Gasteiger partial charge in [-0.1, -0.05) is 41.9 Å². The normalized spacial score (nSPS) is 19.2. The van der Waals surface area contributed by atoms with Gasteiger partial charge in [0.05, 0.1) is 11.6 Å². The van der Waals surface area contributed by atoms with Gasteiger partial charge >= 0.3 is 6.09 Å². The van der Waals surface area contributed by atoms with Crippen LogP contribution in [-0.4, -0.2) is 66.1 Å². The number of ether oxygens (including phenoxy) is 1. The molecule has 0 radical (unpaired) electrons. The lowest BCUT2D eigenvalue weighted by molar-refractivity contribution is -0.135.